The largest absolute Gasteiger partial charge is 0.466 e. The molecule has 21 heavy (non-hydrogen) atoms. The van der Waals surface area contributed by atoms with Crippen LogP contribution in [0.25, 0.3) is 0 Å². The van der Waals surface area contributed by atoms with Crippen molar-refractivity contribution < 1.29 is 14.3 Å². The van der Waals surface area contributed by atoms with Crippen LogP contribution in [0.5, 0.6) is 0 Å². The third kappa shape index (κ3) is 3.73. The Balaban J connectivity index is 2.10. The maximum Gasteiger partial charge on any atom is 0.310 e. The van der Waals surface area contributed by atoms with Crippen LogP contribution < -0.4 is 0 Å². The fourth-order valence-corrected chi connectivity index (χ4v) is 2.76. The summed E-state index contributed by atoms with van der Waals surface area (Å²) in [5.41, 5.74) is 1.14. The van der Waals surface area contributed by atoms with Crippen molar-refractivity contribution in [3.63, 3.8) is 0 Å². The van der Waals surface area contributed by atoms with E-state index < -0.39 is 0 Å². The molecule has 1 amide bonds. The Bertz CT molecular complexity index is 548. The van der Waals surface area contributed by atoms with Gasteiger partial charge < -0.3 is 9.64 Å². The number of piperidine rings is 1. The molecule has 1 aromatic rings. The molecule has 1 fully saturated rings. The number of hydrogen-bond donors (Lipinski definition) is 0. The second kappa shape index (κ2) is 6.89. The monoisotopic (exact) mass is 310 g/mol. The first-order valence-corrected chi connectivity index (χ1v) is 7.48. The van der Waals surface area contributed by atoms with E-state index in [4.69, 9.17) is 16.3 Å². The van der Waals surface area contributed by atoms with E-state index in [0.717, 1.165) is 18.5 Å². The molecule has 114 valence electrons. The quantitative estimate of drug-likeness (QED) is 0.805. The van der Waals surface area contributed by atoms with Crippen LogP contribution >= 0.6 is 11.6 Å². The fourth-order valence-electron chi connectivity index (χ4n) is 2.47. The van der Waals surface area contributed by atoms with E-state index in [0.29, 0.717) is 30.3 Å². The van der Waals surface area contributed by atoms with Crippen LogP contribution in [0.15, 0.2) is 12.3 Å². The minimum Gasteiger partial charge on any atom is -0.466 e. The fraction of sp³-hybridized carbons (Fsp3) is 0.533. The molecule has 0 aromatic carbocycles. The smallest absolute Gasteiger partial charge is 0.310 e. The number of pyridine rings is 1. The molecule has 0 unspecified atom stereocenters. The second-order valence-electron chi connectivity index (χ2n) is 5.15. The van der Waals surface area contributed by atoms with E-state index in [2.05, 4.69) is 4.98 Å². The zero-order chi connectivity index (χ0) is 15.4. The molecule has 0 radical (unpaired) electrons. The van der Waals surface area contributed by atoms with Crippen molar-refractivity contribution >= 4 is 23.5 Å². The van der Waals surface area contributed by atoms with Gasteiger partial charge in [0.25, 0.3) is 5.91 Å². The lowest BCUT2D eigenvalue weighted by Crippen LogP contribution is -2.43. The highest BCUT2D eigenvalue weighted by atomic mass is 35.5. The molecular formula is C15H19ClN2O3. The van der Waals surface area contributed by atoms with Gasteiger partial charge in [-0.05, 0) is 32.8 Å². The third-order valence-electron chi connectivity index (χ3n) is 3.55. The average Bonchev–Trinajstić information content (AvgIpc) is 2.47. The first-order chi connectivity index (χ1) is 10.0. The van der Waals surface area contributed by atoms with Crippen LogP contribution in [0.1, 0.15) is 35.8 Å². The number of hydrogen-bond acceptors (Lipinski definition) is 4. The van der Waals surface area contributed by atoms with Gasteiger partial charge in [0.1, 0.15) is 0 Å². The SMILES string of the molecule is CCOC(=O)[C@H]1CCCN(C(=O)c2cnc(C)cc2Cl)C1. The highest BCUT2D eigenvalue weighted by molar-refractivity contribution is 6.33. The molecule has 0 bridgehead atoms. The number of amides is 1. The molecule has 6 heteroatoms. The molecule has 0 saturated carbocycles. The van der Waals surface area contributed by atoms with Gasteiger partial charge in [-0.25, -0.2) is 0 Å². The topological polar surface area (TPSA) is 59.5 Å². The Hall–Kier alpha value is -1.62. The van der Waals surface area contributed by atoms with Crippen molar-refractivity contribution in [2.75, 3.05) is 19.7 Å². The molecule has 0 N–H and O–H groups in total. The molecule has 5 nitrogen and oxygen atoms in total. The van der Waals surface area contributed by atoms with Crippen molar-refractivity contribution in [1.82, 2.24) is 9.88 Å². The summed E-state index contributed by atoms with van der Waals surface area (Å²) < 4.78 is 5.04. The van der Waals surface area contributed by atoms with Crippen LogP contribution in [0.3, 0.4) is 0 Å². The van der Waals surface area contributed by atoms with E-state index in [1.165, 1.54) is 6.20 Å². The van der Waals surface area contributed by atoms with E-state index in [1.54, 1.807) is 17.9 Å². The van der Waals surface area contributed by atoms with Crippen molar-refractivity contribution in [1.29, 1.82) is 0 Å². The normalized spacial score (nSPS) is 18.4. The third-order valence-corrected chi connectivity index (χ3v) is 3.86. The van der Waals surface area contributed by atoms with Gasteiger partial charge in [0, 0.05) is 25.0 Å². The summed E-state index contributed by atoms with van der Waals surface area (Å²) in [7, 11) is 0. The van der Waals surface area contributed by atoms with Gasteiger partial charge in [-0.2, -0.15) is 0 Å². The molecule has 2 rings (SSSR count). The lowest BCUT2D eigenvalue weighted by molar-refractivity contribution is -0.149. The van der Waals surface area contributed by atoms with Gasteiger partial charge in [-0.3, -0.25) is 14.6 Å². The van der Waals surface area contributed by atoms with E-state index in [9.17, 15) is 9.59 Å². The molecule has 0 spiro atoms. The molecule has 1 aliphatic rings. The van der Waals surface area contributed by atoms with Gasteiger partial charge >= 0.3 is 5.97 Å². The van der Waals surface area contributed by atoms with E-state index in [-0.39, 0.29) is 17.8 Å². The predicted molar refractivity (Wildman–Crippen MR) is 79.2 cm³/mol. The molecule has 1 aliphatic heterocycles. The number of carbonyl (C=O) groups is 2. The summed E-state index contributed by atoms with van der Waals surface area (Å²) in [5.74, 6) is -0.663. The Morgan fingerprint density at radius 1 is 1.52 bits per heavy atom. The number of nitrogens with zero attached hydrogens (tertiary/aromatic N) is 2. The standard InChI is InChI=1S/C15H19ClN2O3/c1-3-21-15(20)11-5-4-6-18(9-11)14(19)12-8-17-10(2)7-13(12)16/h7-8,11H,3-6,9H2,1-2H3/t11-/m0/s1. The van der Waals surface area contributed by atoms with Crippen LogP contribution in [-0.4, -0.2) is 41.5 Å². The first kappa shape index (κ1) is 15.8. The number of esters is 1. The maximum atomic E-state index is 12.5. The minimum absolute atomic E-state index is 0.179. The zero-order valence-corrected chi connectivity index (χ0v) is 13.0. The second-order valence-corrected chi connectivity index (χ2v) is 5.56. The lowest BCUT2D eigenvalue weighted by Gasteiger charge is -2.31. The van der Waals surface area contributed by atoms with Gasteiger partial charge in [0.15, 0.2) is 0 Å². The summed E-state index contributed by atoms with van der Waals surface area (Å²) in [6, 6.07) is 1.67. The van der Waals surface area contributed by atoms with Crippen LogP contribution in [-0.2, 0) is 9.53 Å². The molecule has 2 heterocycles. The molecule has 1 atom stereocenters. The van der Waals surface area contributed by atoms with Crippen molar-refractivity contribution in [2.24, 2.45) is 5.92 Å². The van der Waals surface area contributed by atoms with Crippen LogP contribution in [0.4, 0.5) is 0 Å². The Labute approximate surface area is 129 Å². The molecule has 1 saturated heterocycles. The number of ether oxygens (including phenoxy) is 1. The van der Waals surface area contributed by atoms with Gasteiger partial charge in [-0.15, -0.1) is 0 Å². The number of aryl methyl sites for hydroxylation is 1. The highest BCUT2D eigenvalue weighted by Gasteiger charge is 2.30. The lowest BCUT2D eigenvalue weighted by atomic mass is 9.97. The maximum absolute atomic E-state index is 12.5. The Kier molecular flexibility index (Phi) is 5.17. The average molecular weight is 311 g/mol. The predicted octanol–water partition coefficient (Wildman–Crippen LogP) is 2.46. The highest BCUT2D eigenvalue weighted by Crippen LogP contribution is 2.23. The number of halogens is 1. The summed E-state index contributed by atoms with van der Waals surface area (Å²) in [6.45, 7) is 4.96. The molecule has 1 aromatic heterocycles. The number of likely N-dealkylation sites (tertiary alicyclic amines) is 1. The summed E-state index contributed by atoms with van der Waals surface area (Å²) >= 11 is 6.11. The number of aromatic nitrogens is 1. The van der Waals surface area contributed by atoms with E-state index >= 15 is 0 Å². The number of carbonyl (C=O) groups excluding carboxylic acids is 2. The summed E-state index contributed by atoms with van der Waals surface area (Å²) in [5, 5.41) is 0.394. The van der Waals surface area contributed by atoms with Gasteiger partial charge in [-0.1, -0.05) is 11.6 Å². The van der Waals surface area contributed by atoms with Crippen LogP contribution in [0, 0.1) is 12.8 Å². The van der Waals surface area contributed by atoms with E-state index in [1.807, 2.05) is 6.92 Å². The summed E-state index contributed by atoms with van der Waals surface area (Å²) in [4.78, 5) is 30.1. The Morgan fingerprint density at radius 3 is 2.95 bits per heavy atom. The summed E-state index contributed by atoms with van der Waals surface area (Å²) in [6.07, 6.45) is 3.03. The van der Waals surface area contributed by atoms with Crippen molar-refractivity contribution in [3.8, 4) is 0 Å². The number of rotatable bonds is 3. The van der Waals surface area contributed by atoms with Crippen LogP contribution in [0.2, 0.25) is 5.02 Å². The van der Waals surface area contributed by atoms with Crippen molar-refractivity contribution in [3.05, 3.63) is 28.5 Å². The van der Waals surface area contributed by atoms with Gasteiger partial charge in [0.2, 0.25) is 0 Å². The zero-order valence-electron chi connectivity index (χ0n) is 12.3. The van der Waals surface area contributed by atoms with Gasteiger partial charge in [0.05, 0.1) is 23.1 Å². The molecule has 0 aliphatic carbocycles. The Morgan fingerprint density at radius 2 is 2.29 bits per heavy atom. The minimum atomic E-state index is -0.250. The first-order valence-electron chi connectivity index (χ1n) is 7.11. The van der Waals surface area contributed by atoms with Crippen molar-refractivity contribution in [2.45, 2.75) is 26.7 Å². The molecular weight excluding hydrogens is 292 g/mol.